The van der Waals surface area contributed by atoms with E-state index in [0.29, 0.717) is 11.4 Å². The smallest absolute Gasteiger partial charge is 0.333 e. The van der Waals surface area contributed by atoms with Gasteiger partial charge in [0.2, 0.25) is 0 Å². The number of H-pyrrole nitrogens is 1. The van der Waals surface area contributed by atoms with Gasteiger partial charge in [-0.1, -0.05) is 24.3 Å². The van der Waals surface area contributed by atoms with Crippen molar-refractivity contribution in [2.24, 2.45) is 7.05 Å². The fraction of sp³-hybridized carbons (Fsp3) is 0.136. The zero-order valence-corrected chi connectivity index (χ0v) is 16.3. The Morgan fingerprint density at radius 3 is 2.31 bits per heavy atom. The third-order valence-electron chi connectivity index (χ3n) is 4.76. The summed E-state index contributed by atoms with van der Waals surface area (Å²) in [7, 11) is 1.67. The first-order valence-electron chi connectivity index (χ1n) is 9.14. The number of carbonyl (C=O) groups is 1. The minimum absolute atomic E-state index is 0.219. The SMILES string of the molecule is Cc1cc(C)cc(NC(=O)c2cn(C)c3c(=O)n(-c4ccccc4)c(=O)[nH]c23)c1. The van der Waals surface area contributed by atoms with Crippen LogP contribution in [0.1, 0.15) is 21.5 Å². The molecule has 0 aliphatic carbocycles. The number of carbonyl (C=O) groups excluding carboxylic acids is 1. The van der Waals surface area contributed by atoms with E-state index in [-0.39, 0.29) is 16.6 Å². The van der Waals surface area contributed by atoms with Gasteiger partial charge in [0.1, 0.15) is 5.52 Å². The first-order chi connectivity index (χ1) is 13.8. The summed E-state index contributed by atoms with van der Waals surface area (Å²) < 4.78 is 2.62. The number of hydrogen-bond donors (Lipinski definition) is 2. The number of fused-ring (bicyclic) bond motifs is 1. The molecule has 0 radical (unpaired) electrons. The van der Waals surface area contributed by atoms with Crippen LogP contribution in [-0.2, 0) is 7.05 Å². The van der Waals surface area contributed by atoms with Crippen LogP contribution in [-0.4, -0.2) is 20.0 Å². The first-order valence-corrected chi connectivity index (χ1v) is 9.14. The molecule has 4 rings (SSSR count). The van der Waals surface area contributed by atoms with Crippen molar-refractivity contribution in [2.75, 3.05) is 5.32 Å². The van der Waals surface area contributed by atoms with Gasteiger partial charge in [-0.05, 0) is 49.2 Å². The Balaban J connectivity index is 1.84. The number of para-hydroxylation sites is 1. The van der Waals surface area contributed by atoms with Crippen molar-refractivity contribution in [1.82, 2.24) is 14.1 Å². The van der Waals surface area contributed by atoms with Gasteiger partial charge < -0.3 is 14.9 Å². The molecule has 2 N–H and O–H groups in total. The van der Waals surface area contributed by atoms with Crippen LogP contribution in [0.4, 0.5) is 5.69 Å². The molecule has 0 aliphatic rings. The molecule has 1 amide bonds. The predicted octanol–water partition coefficient (Wildman–Crippen LogP) is 2.89. The van der Waals surface area contributed by atoms with Crippen LogP contribution in [0.3, 0.4) is 0 Å². The molecule has 2 heterocycles. The highest BCUT2D eigenvalue weighted by atomic mass is 16.2. The lowest BCUT2D eigenvalue weighted by Gasteiger charge is -2.07. The highest BCUT2D eigenvalue weighted by Crippen LogP contribution is 2.19. The molecule has 0 saturated carbocycles. The molecule has 146 valence electrons. The number of benzene rings is 2. The van der Waals surface area contributed by atoms with E-state index in [2.05, 4.69) is 10.3 Å². The second-order valence-electron chi connectivity index (χ2n) is 7.11. The van der Waals surface area contributed by atoms with Crippen LogP contribution in [0.5, 0.6) is 0 Å². The number of nitrogens with zero attached hydrogens (tertiary/aromatic N) is 2. The largest absolute Gasteiger partial charge is 0.344 e. The number of amides is 1. The lowest BCUT2D eigenvalue weighted by Crippen LogP contribution is -2.34. The van der Waals surface area contributed by atoms with Crippen molar-refractivity contribution >= 4 is 22.6 Å². The maximum atomic E-state index is 13.0. The maximum absolute atomic E-state index is 13.0. The molecule has 2 aromatic carbocycles. The fourth-order valence-corrected chi connectivity index (χ4v) is 3.60. The van der Waals surface area contributed by atoms with Crippen LogP contribution in [0.25, 0.3) is 16.7 Å². The van der Waals surface area contributed by atoms with Crippen molar-refractivity contribution in [1.29, 1.82) is 0 Å². The van der Waals surface area contributed by atoms with Crippen molar-refractivity contribution in [3.05, 3.63) is 92.3 Å². The van der Waals surface area contributed by atoms with E-state index in [4.69, 9.17) is 0 Å². The molecule has 0 spiro atoms. The topological polar surface area (TPSA) is 88.9 Å². The molecule has 4 aromatic rings. The van der Waals surface area contributed by atoms with Gasteiger partial charge in [0.25, 0.3) is 11.5 Å². The highest BCUT2D eigenvalue weighted by molar-refractivity contribution is 6.11. The van der Waals surface area contributed by atoms with Gasteiger partial charge in [0, 0.05) is 18.9 Å². The third kappa shape index (κ3) is 3.27. The second kappa shape index (κ2) is 6.94. The minimum atomic E-state index is -0.597. The molecule has 0 atom stereocenters. The van der Waals surface area contributed by atoms with Crippen LogP contribution >= 0.6 is 0 Å². The van der Waals surface area contributed by atoms with E-state index < -0.39 is 17.2 Å². The fourth-order valence-electron chi connectivity index (χ4n) is 3.60. The lowest BCUT2D eigenvalue weighted by atomic mass is 10.1. The molecule has 0 aliphatic heterocycles. The number of anilines is 1. The Morgan fingerprint density at radius 2 is 1.66 bits per heavy atom. The van der Waals surface area contributed by atoms with Gasteiger partial charge in [-0.25, -0.2) is 9.36 Å². The molecule has 0 fully saturated rings. The lowest BCUT2D eigenvalue weighted by molar-refractivity contribution is 0.102. The molecular formula is C22H20N4O3. The van der Waals surface area contributed by atoms with Crippen LogP contribution in [0, 0.1) is 13.8 Å². The van der Waals surface area contributed by atoms with Crippen molar-refractivity contribution in [3.63, 3.8) is 0 Å². The average molecular weight is 388 g/mol. The van der Waals surface area contributed by atoms with Gasteiger partial charge in [-0.15, -0.1) is 0 Å². The zero-order chi connectivity index (χ0) is 20.7. The summed E-state index contributed by atoms with van der Waals surface area (Å²) in [4.78, 5) is 41.3. The summed E-state index contributed by atoms with van der Waals surface area (Å²) in [6, 6.07) is 14.4. The molecule has 0 saturated heterocycles. The second-order valence-corrected chi connectivity index (χ2v) is 7.11. The molecule has 2 aromatic heterocycles. The zero-order valence-electron chi connectivity index (χ0n) is 16.3. The summed E-state index contributed by atoms with van der Waals surface area (Å²) in [5, 5.41) is 2.85. The van der Waals surface area contributed by atoms with Crippen LogP contribution in [0.2, 0.25) is 0 Å². The summed E-state index contributed by atoms with van der Waals surface area (Å²) in [6.45, 7) is 3.90. The monoisotopic (exact) mass is 388 g/mol. The Morgan fingerprint density at radius 1 is 1.00 bits per heavy atom. The number of rotatable bonds is 3. The maximum Gasteiger partial charge on any atom is 0.333 e. The van der Waals surface area contributed by atoms with E-state index in [1.165, 1.54) is 0 Å². The Kier molecular flexibility index (Phi) is 4.43. The Labute approximate surface area is 166 Å². The third-order valence-corrected chi connectivity index (χ3v) is 4.76. The van der Waals surface area contributed by atoms with Crippen molar-refractivity contribution in [3.8, 4) is 5.69 Å². The van der Waals surface area contributed by atoms with Gasteiger partial charge in [0.05, 0.1) is 16.8 Å². The standard InChI is InChI=1S/C22H20N4O3/c1-13-9-14(2)11-15(10-13)23-20(27)17-12-25(3)19-18(17)24-22(29)26(21(19)28)16-7-5-4-6-8-16/h4-12H,1-3H3,(H,23,27)(H,24,29). The number of aryl methyl sites for hydroxylation is 3. The number of aromatic nitrogens is 3. The first kappa shape index (κ1) is 18.5. The van der Waals surface area contributed by atoms with Crippen LogP contribution < -0.4 is 16.6 Å². The number of nitrogens with one attached hydrogen (secondary N) is 2. The van der Waals surface area contributed by atoms with E-state index in [0.717, 1.165) is 15.7 Å². The summed E-state index contributed by atoms with van der Waals surface area (Å²) in [6.07, 6.45) is 1.55. The molecular weight excluding hydrogens is 368 g/mol. The van der Waals surface area contributed by atoms with E-state index in [1.807, 2.05) is 32.0 Å². The minimum Gasteiger partial charge on any atom is -0.344 e. The normalized spacial score (nSPS) is 11.0. The van der Waals surface area contributed by atoms with Gasteiger partial charge in [0.15, 0.2) is 0 Å². The van der Waals surface area contributed by atoms with Crippen LogP contribution in [0.15, 0.2) is 64.3 Å². The number of hydrogen-bond acceptors (Lipinski definition) is 3. The summed E-state index contributed by atoms with van der Waals surface area (Å²) in [5.41, 5.74) is 2.79. The quantitative estimate of drug-likeness (QED) is 0.566. The molecule has 0 bridgehead atoms. The predicted molar refractivity (Wildman–Crippen MR) is 113 cm³/mol. The highest BCUT2D eigenvalue weighted by Gasteiger charge is 2.20. The molecule has 7 heteroatoms. The molecule has 29 heavy (non-hydrogen) atoms. The Hall–Kier alpha value is -3.87. The van der Waals surface area contributed by atoms with Gasteiger partial charge in [-0.3, -0.25) is 9.59 Å². The van der Waals surface area contributed by atoms with E-state index in [1.54, 1.807) is 48.1 Å². The van der Waals surface area contributed by atoms with E-state index >= 15 is 0 Å². The van der Waals surface area contributed by atoms with E-state index in [9.17, 15) is 14.4 Å². The molecule has 0 unspecified atom stereocenters. The summed E-state index contributed by atoms with van der Waals surface area (Å²) in [5.74, 6) is -0.395. The summed E-state index contributed by atoms with van der Waals surface area (Å²) >= 11 is 0. The van der Waals surface area contributed by atoms with Gasteiger partial charge in [-0.2, -0.15) is 0 Å². The Bertz CT molecular complexity index is 1340. The number of aromatic amines is 1. The molecule has 7 nitrogen and oxygen atoms in total. The van der Waals surface area contributed by atoms with Crippen molar-refractivity contribution < 1.29 is 4.79 Å². The van der Waals surface area contributed by atoms with Gasteiger partial charge >= 0.3 is 5.69 Å². The van der Waals surface area contributed by atoms with Crippen molar-refractivity contribution in [2.45, 2.75) is 13.8 Å². The average Bonchev–Trinajstić information content (AvgIpc) is 2.98.